The van der Waals surface area contributed by atoms with E-state index in [0.717, 1.165) is 45.5 Å². The van der Waals surface area contributed by atoms with Gasteiger partial charge in [-0.25, -0.2) is 4.98 Å². The highest BCUT2D eigenvalue weighted by molar-refractivity contribution is 5.92. The number of nitrogens with one attached hydrogen (secondary N) is 1. The maximum absolute atomic E-state index is 10.1. The normalized spacial score (nSPS) is 13.0. The first-order valence-corrected chi connectivity index (χ1v) is 11.5. The Labute approximate surface area is 204 Å². The summed E-state index contributed by atoms with van der Waals surface area (Å²) in [4.78, 5) is 13.8. The highest BCUT2D eigenvalue weighted by Crippen LogP contribution is 2.34. The standard InChI is InChI=1S/C29H27N5O/c1-29(30,35)23-9-7-22(8-10-23)28-24(21-5-3-2-4-6-21)17-25-26(34-28)13-16-33-27(25)19-32-18-20-11-14-31-15-12-20/h2-17,32,35H,18-19,30H2,1H3. The third-order valence-corrected chi connectivity index (χ3v) is 6.02. The number of nitrogens with zero attached hydrogens (tertiary/aromatic N) is 3. The predicted octanol–water partition coefficient (Wildman–Crippen LogP) is 4.77. The summed E-state index contributed by atoms with van der Waals surface area (Å²) in [7, 11) is 0. The van der Waals surface area contributed by atoms with Gasteiger partial charge in [-0.1, -0.05) is 54.6 Å². The number of rotatable bonds is 7. The molecule has 0 aliphatic heterocycles. The van der Waals surface area contributed by atoms with Crippen LogP contribution in [-0.4, -0.2) is 20.1 Å². The quantitative estimate of drug-likeness (QED) is 0.302. The van der Waals surface area contributed by atoms with Gasteiger partial charge in [-0.15, -0.1) is 0 Å². The van der Waals surface area contributed by atoms with E-state index in [1.807, 2.05) is 60.7 Å². The van der Waals surface area contributed by atoms with Crippen LogP contribution in [0.1, 0.15) is 23.7 Å². The summed E-state index contributed by atoms with van der Waals surface area (Å²) in [5.41, 5.74) is 12.0. The summed E-state index contributed by atoms with van der Waals surface area (Å²) in [6.07, 6.45) is 5.40. The molecule has 5 aromatic rings. The van der Waals surface area contributed by atoms with E-state index in [2.05, 4.69) is 33.5 Å². The number of hydrogen-bond donors (Lipinski definition) is 3. The van der Waals surface area contributed by atoms with Crippen molar-refractivity contribution in [1.82, 2.24) is 20.3 Å². The van der Waals surface area contributed by atoms with Crippen LogP contribution >= 0.6 is 0 Å². The van der Waals surface area contributed by atoms with Crippen LogP contribution in [0, 0.1) is 0 Å². The van der Waals surface area contributed by atoms with Gasteiger partial charge in [0.25, 0.3) is 0 Å². The molecule has 6 nitrogen and oxygen atoms in total. The van der Waals surface area contributed by atoms with E-state index < -0.39 is 5.72 Å². The van der Waals surface area contributed by atoms with Gasteiger partial charge in [0, 0.05) is 48.2 Å². The van der Waals surface area contributed by atoms with Crippen LogP contribution in [0.2, 0.25) is 0 Å². The summed E-state index contributed by atoms with van der Waals surface area (Å²) < 4.78 is 0. The number of aliphatic hydroxyl groups is 1. The van der Waals surface area contributed by atoms with Crippen LogP contribution in [0.4, 0.5) is 0 Å². The van der Waals surface area contributed by atoms with Crippen molar-refractivity contribution in [2.24, 2.45) is 5.73 Å². The lowest BCUT2D eigenvalue weighted by atomic mass is 9.95. The number of nitrogens with two attached hydrogens (primary N) is 1. The highest BCUT2D eigenvalue weighted by Gasteiger charge is 2.18. The van der Waals surface area contributed by atoms with E-state index in [9.17, 15) is 5.11 Å². The Kier molecular flexibility index (Phi) is 6.33. The Morgan fingerprint density at radius 1 is 0.857 bits per heavy atom. The number of benzene rings is 2. The second kappa shape index (κ2) is 9.72. The minimum absolute atomic E-state index is 0.620. The smallest absolute Gasteiger partial charge is 0.136 e. The molecule has 1 unspecified atom stereocenters. The predicted molar refractivity (Wildman–Crippen MR) is 139 cm³/mol. The maximum atomic E-state index is 10.1. The van der Waals surface area contributed by atoms with Gasteiger partial charge < -0.3 is 16.2 Å². The molecule has 0 bridgehead atoms. The summed E-state index contributed by atoms with van der Waals surface area (Å²) in [6.45, 7) is 2.92. The van der Waals surface area contributed by atoms with E-state index in [1.54, 1.807) is 25.5 Å². The molecule has 0 spiro atoms. The van der Waals surface area contributed by atoms with Gasteiger partial charge in [0.05, 0.1) is 16.9 Å². The first-order valence-electron chi connectivity index (χ1n) is 11.5. The van der Waals surface area contributed by atoms with Crippen molar-refractivity contribution >= 4 is 10.9 Å². The van der Waals surface area contributed by atoms with Crippen molar-refractivity contribution in [1.29, 1.82) is 0 Å². The van der Waals surface area contributed by atoms with E-state index >= 15 is 0 Å². The molecule has 2 aromatic carbocycles. The lowest BCUT2D eigenvalue weighted by molar-refractivity contribution is 0.0647. The molecule has 5 rings (SSSR count). The van der Waals surface area contributed by atoms with Crippen molar-refractivity contribution < 1.29 is 5.11 Å². The molecule has 0 fully saturated rings. The molecule has 0 radical (unpaired) electrons. The van der Waals surface area contributed by atoms with E-state index in [-0.39, 0.29) is 0 Å². The van der Waals surface area contributed by atoms with Crippen molar-refractivity contribution in [3.8, 4) is 22.4 Å². The summed E-state index contributed by atoms with van der Waals surface area (Å²) in [5, 5.41) is 14.6. The minimum Gasteiger partial charge on any atom is -0.372 e. The Bertz CT molecular complexity index is 1430. The van der Waals surface area contributed by atoms with Gasteiger partial charge in [0.1, 0.15) is 5.72 Å². The second-order valence-electron chi connectivity index (χ2n) is 8.76. The molecule has 1 atom stereocenters. The molecule has 0 saturated heterocycles. The molecule has 6 heteroatoms. The van der Waals surface area contributed by atoms with Gasteiger partial charge in [-0.05, 0) is 47.9 Å². The fourth-order valence-corrected chi connectivity index (χ4v) is 4.14. The Balaban J connectivity index is 1.56. The molecular formula is C29H27N5O. The number of hydrogen-bond acceptors (Lipinski definition) is 6. The fourth-order valence-electron chi connectivity index (χ4n) is 4.14. The zero-order chi connectivity index (χ0) is 24.3. The van der Waals surface area contributed by atoms with Crippen LogP contribution < -0.4 is 11.1 Å². The highest BCUT2D eigenvalue weighted by atomic mass is 16.3. The summed E-state index contributed by atoms with van der Waals surface area (Å²) >= 11 is 0. The average molecular weight is 462 g/mol. The molecule has 0 aliphatic rings. The van der Waals surface area contributed by atoms with Gasteiger partial charge in [0.2, 0.25) is 0 Å². The topological polar surface area (TPSA) is 97.0 Å². The zero-order valence-electron chi connectivity index (χ0n) is 19.5. The van der Waals surface area contributed by atoms with Crippen LogP contribution in [-0.2, 0) is 18.8 Å². The molecule has 35 heavy (non-hydrogen) atoms. The fraction of sp³-hybridized carbons (Fsp3) is 0.138. The van der Waals surface area contributed by atoms with Crippen LogP contribution in [0.5, 0.6) is 0 Å². The first-order chi connectivity index (χ1) is 17.0. The van der Waals surface area contributed by atoms with Gasteiger partial charge >= 0.3 is 0 Å². The molecule has 3 aromatic heterocycles. The second-order valence-corrected chi connectivity index (χ2v) is 8.76. The van der Waals surface area contributed by atoms with Crippen molar-refractivity contribution in [3.63, 3.8) is 0 Å². The minimum atomic E-state index is -1.39. The Hall–Kier alpha value is -3.97. The molecule has 0 saturated carbocycles. The molecule has 4 N–H and O–H groups in total. The zero-order valence-corrected chi connectivity index (χ0v) is 19.5. The first kappa shape index (κ1) is 22.8. The Morgan fingerprint density at radius 2 is 1.60 bits per heavy atom. The summed E-state index contributed by atoms with van der Waals surface area (Å²) in [5.74, 6) is 0. The maximum Gasteiger partial charge on any atom is 0.136 e. The third kappa shape index (κ3) is 5.10. The van der Waals surface area contributed by atoms with Crippen LogP contribution in [0.15, 0.2) is 97.5 Å². The monoisotopic (exact) mass is 461 g/mol. The van der Waals surface area contributed by atoms with Crippen LogP contribution in [0.3, 0.4) is 0 Å². The molecule has 3 heterocycles. The van der Waals surface area contributed by atoms with Gasteiger partial charge in [0.15, 0.2) is 0 Å². The van der Waals surface area contributed by atoms with Crippen molar-refractivity contribution in [3.05, 3.63) is 114 Å². The number of pyridine rings is 3. The largest absolute Gasteiger partial charge is 0.372 e. The van der Waals surface area contributed by atoms with E-state index in [4.69, 9.17) is 10.7 Å². The van der Waals surface area contributed by atoms with Crippen molar-refractivity contribution in [2.45, 2.75) is 25.7 Å². The SMILES string of the molecule is CC(N)(O)c1ccc(-c2nc3ccnc(CNCc4ccncc4)c3cc2-c2ccccc2)cc1. The van der Waals surface area contributed by atoms with Crippen molar-refractivity contribution in [2.75, 3.05) is 0 Å². The Morgan fingerprint density at radius 3 is 2.31 bits per heavy atom. The van der Waals surface area contributed by atoms with Crippen LogP contribution in [0.25, 0.3) is 33.3 Å². The molecular weight excluding hydrogens is 434 g/mol. The molecule has 0 aliphatic carbocycles. The third-order valence-electron chi connectivity index (χ3n) is 6.02. The average Bonchev–Trinajstić information content (AvgIpc) is 2.89. The molecule has 0 amide bonds. The van der Waals surface area contributed by atoms with Gasteiger partial charge in [-0.3, -0.25) is 9.97 Å². The number of fused-ring (bicyclic) bond motifs is 1. The summed E-state index contributed by atoms with van der Waals surface area (Å²) in [6, 6.07) is 25.9. The lowest BCUT2D eigenvalue weighted by Gasteiger charge is -2.18. The number of aromatic nitrogens is 3. The van der Waals surface area contributed by atoms with E-state index in [1.165, 1.54) is 5.56 Å². The molecule has 174 valence electrons. The lowest BCUT2D eigenvalue weighted by Crippen LogP contribution is -2.32. The van der Waals surface area contributed by atoms with Gasteiger partial charge in [-0.2, -0.15) is 0 Å². The van der Waals surface area contributed by atoms with E-state index in [0.29, 0.717) is 12.1 Å².